The highest BCUT2D eigenvalue weighted by Gasteiger charge is 2.18. The zero-order valence-electron chi connectivity index (χ0n) is 10.8. The molecule has 5 heteroatoms. The van der Waals surface area contributed by atoms with Crippen LogP contribution in [0.1, 0.15) is 44.6 Å². The second kappa shape index (κ2) is 6.27. The molecule has 1 aromatic heterocycles. The van der Waals surface area contributed by atoms with Crippen molar-refractivity contribution in [2.24, 2.45) is 0 Å². The molecule has 0 saturated carbocycles. The third kappa shape index (κ3) is 2.88. The molecule has 1 aliphatic heterocycles. The molecule has 1 N–H and O–H groups in total. The van der Waals surface area contributed by atoms with Crippen LogP contribution in [0.5, 0.6) is 5.88 Å². The maximum absolute atomic E-state index is 12.2. The van der Waals surface area contributed by atoms with Crippen molar-refractivity contribution in [3.63, 3.8) is 0 Å². The fourth-order valence-corrected chi connectivity index (χ4v) is 3.14. The Morgan fingerprint density at radius 1 is 1.39 bits per heavy atom. The van der Waals surface area contributed by atoms with E-state index in [4.69, 9.17) is 0 Å². The van der Waals surface area contributed by atoms with Crippen molar-refractivity contribution in [2.75, 3.05) is 5.75 Å². The van der Waals surface area contributed by atoms with Crippen LogP contribution in [0.4, 0.5) is 0 Å². The van der Waals surface area contributed by atoms with Crippen LogP contribution < -0.4 is 5.56 Å². The number of unbranched alkanes of at least 4 members (excludes halogenated alkanes) is 3. The van der Waals surface area contributed by atoms with Crippen molar-refractivity contribution in [1.29, 1.82) is 0 Å². The predicted molar refractivity (Wildman–Crippen MR) is 73.3 cm³/mol. The van der Waals surface area contributed by atoms with Gasteiger partial charge >= 0.3 is 0 Å². The number of nitrogens with zero attached hydrogens (tertiary/aromatic N) is 2. The second-order valence-electron chi connectivity index (χ2n) is 4.67. The Labute approximate surface area is 111 Å². The SMILES string of the molecule is CCCCCCc1c(O)nc2n(c1=O)CCCS2. The number of thioether (sulfide) groups is 1. The zero-order chi connectivity index (χ0) is 13.0. The Morgan fingerprint density at radius 3 is 3.00 bits per heavy atom. The number of aromatic nitrogens is 2. The molecule has 2 rings (SSSR count). The molecule has 0 aliphatic carbocycles. The molecule has 18 heavy (non-hydrogen) atoms. The van der Waals surface area contributed by atoms with Crippen LogP contribution >= 0.6 is 11.8 Å². The molecule has 1 aromatic rings. The van der Waals surface area contributed by atoms with Gasteiger partial charge in [-0.3, -0.25) is 9.36 Å². The van der Waals surface area contributed by atoms with Crippen LogP contribution in [-0.2, 0) is 13.0 Å². The highest BCUT2D eigenvalue weighted by Crippen LogP contribution is 2.24. The molecular formula is C13H20N2O2S. The van der Waals surface area contributed by atoms with Gasteiger partial charge in [0.1, 0.15) is 0 Å². The number of rotatable bonds is 5. The average molecular weight is 268 g/mol. The number of aromatic hydroxyl groups is 1. The van der Waals surface area contributed by atoms with Crippen LogP contribution in [0.25, 0.3) is 0 Å². The summed E-state index contributed by atoms with van der Waals surface area (Å²) in [5, 5.41) is 10.5. The second-order valence-corrected chi connectivity index (χ2v) is 5.73. The molecular weight excluding hydrogens is 248 g/mol. The van der Waals surface area contributed by atoms with Crippen molar-refractivity contribution in [1.82, 2.24) is 9.55 Å². The molecule has 1 aliphatic rings. The van der Waals surface area contributed by atoms with Crippen molar-refractivity contribution >= 4 is 11.8 Å². The van der Waals surface area contributed by atoms with E-state index in [-0.39, 0.29) is 11.4 Å². The average Bonchev–Trinajstić information content (AvgIpc) is 2.38. The molecule has 4 nitrogen and oxygen atoms in total. The Hall–Kier alpha value is -0.970. The first-order valence-electron chi connectivity index (χ1n) is 6.69. The molecule has 0 radical (unpaired) electrons. The molecule has 0 amide bonds. The summed E-state index contributed by atoms with van der Waals surface area (Å²) in [4.78, 5) is 16.4. The van der Waals surface area contributed by atoms with E-state index in [0.717, 1.165) is 31.6 Å². The minimum atomic E-state index is -0.0582. The molecule has 0 atom stereocenters. The van der Waals surface area contributed by atoms with E-state index in [1.807, 2.05) is 0 Å². The quantitative estimate of drug-likeness (QED) is 0.658. The molecule has 0 saturated heterocycles. The Bertz CT molecular complexity index is 471. The van der Waals surface area contributed by atoms with E-state index >= 15 is 0 Å². The van der Waals surface area contributed by atoms with Gasteiger partial charge in [-0.15, -0.1) is 0 Å². The van der Waals surface area contributed by atoms with Crippen molar-refractivity contribution in [3.8, 4) is 5.88 Å². The standard InChI is InChI=1S/C13H20N2O2S/c1-2-3-4-5-7-10-11(16)14-13-15(12(10)17)8-6-9-18-13/h16H,2-9H2,1H3. The largest absolute Gasteiger partial charge is 0.493 e. The first kappa shape index (κ1) is 13.5. The Kier molecular flexibility index (Phi) is 4.69. The molecule has 2 heterocycles. The molecule has 0 fully saturated rings. The number of hydrogen-bond donors (Lipinski definition) is 1. The lowest BCUT2D eigenvalue weighted by atomic mass is 10.1. The van der Waals surface area contributed by atoms with Crippen molar-refractivity contribution in [3.05, 3.63) is 15.9 Å². The van der Waals surface area contributed by atoms with Crippen LogP contribution in [0, 0.1) is 0 Å². The van der Waals surface area contributed by atoms with Gasteiger partial charge in [-0.1, -0.05) is 37.9 Å². The van der Waals surface area contributed by atoms with E-state index in [1.54, 1.807) is 16.3 Å². The van der Waals surface area contributed by atoms with Gasteiger partial charge in [0.15, 0.2) is 5.16 Å². The van der Waals surface area contributed by atoms with Crippen LogP contribution in [0.2, 0.25) is 0 Å². The summed E-state index contributed by atoms with van der Waals surface area (Å²) in [7, 11) is 0. The van der Waals surface area contributed by atoms with Gasteiger partial charge < -0.3 is 5.11 Å². The molecule has 0 unspecified atom stereocenters. The maximum atomic E-state index is 12.2. The monoisotopic (exact) mass is 268 g/mol. The van der Waals surface area contributed by atoms with E-state index in [2.05, 4.69) is 11.9 Å². The van der Waals surface area contributed by atoms with E-state index < -0.39 is 0 Å². The first-order valence-corrected chi connectivity index (χ1v) is 7.68. The van der Waals surface area contributed by atoms with Crippen LogP contribution in [0.3, 0.4) is 0 Å². The van der Waals surface area contributed by atoms with Gasteiger partial charge in [-0.05, 0) is 19.3 Å². The fourth-order valence-electron chi connectivity index (χ4n) is 2.20. The minimum absolute atomic E-state index is 0.0406. The summed E-state index contributed by atoms with van der Waals surface area (Å²) < 4.78 is 1.71. The maximum Gasteiger partial charge on any atom is 0.261 e. The summed E-state index contributed by atoms with van der Waals surface area (Å²) in [6.07, 6.45) is 6.04. The highest BCUT2D eigenvalue weighted by molar-refractivity contribution is 7.99. The predicted octanol–water partition coefficient (Wildman–Crippen LogP) is 2.57. The lowest BCUT2D eigenvalue weighted by Crippen LogP contribution is -2.28. The lowest BCUT2D eigenvalue weighted by Gasteiger charge is -2.18. The molecule has 100 valence electrons. The Morgan fingerprint density at radius 2 is 2.22 bits per heavy atom. The van der Waals surface area contributed by atoms with E-state index in [9.17, 15) is 9.90 Å². The lowest BCUT2D eigenvalue weighted by molar-refractivity contribution is 0.417. The third-order valence-electron chi connectivity index (χ3n) is 3.24. The summed E-state index contributed by atoms with van der Waals surface area (Å²) in [5.41, 5.74) is 0.457. The number of fused-ring (bicyclic) bond motifs is 1. The molecule has 0 bridgehead atoms. The van der Waals surface area contributed by atoms with Crippen LogP contribution in [0.15, 0.2) is 9.95 Å². The number of hydrogen-bond acceptors (Lipinski definition) is 4. The van der Waals surface area contributed by atoms with Gasteiger partial charge in [0.2, 0.25) is 5.88 Å². The first-order chi connectivity index (χ1) is 8.74. The van der Waals surface area contributed by atoms with Crippen molar-refractivity contribution < 1.29 is 5.11 Å². The van der Waals surface area contributed by atoms with Gasteiger partial charge in [-0.2, -0.15) is 4.98 Å². The third-order valence-corrected chi connectivity index (χ3v) is 4.31. The fraction of sp³-hybridized carbons (Fsp3) is 0.692. The Balaban J connectivity index is 2.17. The minimum Gasteiger partial charge on any atom is -0.493 e. The van der Waals surface area contributed by atoms with Gasteiger partial charge in [0, 0.05) is 12.3 Å². The zero-order valence-corrected chi connectivity index (χ0v) is 11.6. The van der Waals surface area contributed by atoms with E-state index in [1.165, 1.54) is 12.8 Å². The van der Waals surface area contributed by atoms with E-state index in [0.29, 0.717) is 17.1 Å². The molecule has 0 spiro atoms. The van der Waals surface area contributed by atoms with Gasteiger partial charge in [-0.25, -0.2) is 0 Å². The van der Waals surface area contributed by atoms with Crippen LogP contribution in [-0.4, -0.2) is 20.4 Å². The molecule has 0 aromatic carbocycles. The smallest absolute Gasteiger partial charge is 0.261 e. The summed E-state index contributed by atoms with van der Waals surface area (Å²) in [6.45, 7) is 2.89. The summed E-state index contributed by atoms with van der Waals surface area (Å²) in [5.74, 6) is 0.916. The highest BCUT2D eigenvalue weighted by atomic mass is 32.2. The van der Waals surface area contributed by atoms with Gasteiger partial charge in [0.05, 0.1) is 5.56 Å². The summed E-state index contributed by atoms with van der Waals surface area (Å²) in [6, 6.07) is 0. The van der Waals surface area contributed by atoms with Crippen molar-refractivity contribution in [2.45, 2.75) is 57.1 Å². The summed E-state index contributed by atoms with van der Waals surface area (Å²) >= 11 is 1.55. The topological polar surface area (TPSA) is 55.1 Å². The normalized spacial score (nSPS) is 14.5. The van der Waals surface area contributed by atoms with Gasteiger partial charge in [0.25, 0.3) is 5.56 Å².